The Labute approximate surface area is 199 Å². The number of carbonyl (C=O) groups excluding carboxylic acids is 1. The Morgan fingerprint density at radius 1 is 1.09 bits per heavy atom. The predicted octanol–water partition coefficient (Wildman–Crippen LogP) is 5.39. The molecule has 34 heavy (non-hydrogen) atoms. The first-order chi connectivity index (χ1) is 16.5. The van der Waals surface area contributed by atoms with E-state index in [1.165, 1.54) is 10.7 Å². The second kappa shape index (κ2) is 8.99. The standard InChI is InChI=1S/C25H19ClFN5O2/c1-34-17-12-10-16(11-13-17)23(33)29-24-30-25-28-20(15-6-3-2-4-7-15)14-21(32(25)31-24)22-18(26)8-5-9-19(22)27/h2-14,21H,1H3,(H2,28,29,30,31,33)/t21-/m0/s1. The Hall–Kier alpha value is -4.17. The van der Waals surface area contributed by atoms with E-state index in [0.29, 0.717) is 17.3 Å². The van der Waals surface area contributed by atoms with Gasteiger partial charge in [-0.25, -0.2) is 9.07 Å². The molecule has 3 aromatic carbocycles. The molecule has 5 rings (SSSR count). The SMILES string of the molecule is COc1ccc(C(=O)Nc2nc3n(n2)[C@H](c2c(F)cccc2Cl)C=C(c2ccccc2)N3)cc1. The van der Waals surface area contributed by atoms with E-state index in [1.807, 2.05) is 36.4 Å². The molecule has 2 N–H and O–H groups in total. The van der Waals surface area contributed by atoms with E-state index in [9.17, 15) is 9.18 Å². The largest absolute Gasteiger partial charge is 0.497 e. The molecule has 0 saturated heterocycles. The van der Waals surface area contributed by atoms with Crippen LogP contribution in [0.15, 0.2) is 78.9 Å². The van der Waals surface area contributed by atoms with Crippen molar-refractivity contribution < 1.29 is 13.9 Å². The lowest BCUT2D eigenvalue weighted by Crippen LogP contribution is -2.21. The molecule has 0 radical (unpaired) electrons. The van der Waals surface area contributed by atoms with E-state index in [1.54, 1.807) is 43.5 Å². The van der Waals surface area contributed by atoms with Crippen molar-refractivity contribution in [3.05, 3.63) is 106 Å². The highest BCUT2D eigenvalue weighted by Crippen LogP contribution is 2.37. The van der Waals surface area contributed by atoms with E-state index in [-0.39, 0.29) is 22.4 Å². The Morgan fingerprint density at radius 3 is 2.56 bits per heavy atom. The minimum absolute atomic E-state index is 0.0727. The third kappa shape index (κ3) is 4.11. The zero-order valence-electron chi connectivity index (χ0n) is 18.0. The number of aromatic nitrogens is 3. The highest BCUT2D eigenvalue weighted by molar-refractivity contribution is 6.31. The topological polar surface area (TPSA) is 81.1 Å². The lowest BCUT2D eigenvalue weighted by atomic mass is 10.0. The number of rotatable bonds is 5. The monoisotopic (exact) mass is 475 g/mol. The van der Waals surface area contributed by atoms with Gasteiger partial charge in [-0.2, -0.15) is 4.98 Å². The molecule has 9 heteroatoms. The van der Waals surface area contributed by atoms with Crippen molar-refractivity contribution in [1.29, 1.82) is 0 Å². The van der Waals surface area contributed by atoms with Crippen LogP contribution in [0.2, 0.25) is 5.02 Å². The lowest BCUT2D eigenvalue weighted by molar-refractivity contribution is 0.102. The number of halogens is 2. The number of amides is 1. The summed E-state index contributed by atoms with van der Waals surface area (Å²) < 4.78 is 21.5. The van der Waals surface area contributed by atoms with Gasteiger partial charge >= 0.3 is 0 Å². The Kier molecular flexibility index (Phi) is 5.73. The van der Waals surface area contributed by atoms with E-state index in [0.717, 1.165) is 11.3 Å². The third-order valence-electron chi connectivity index (χ3n) is 5.42. The number of nitrogens with zero attached hydrogens (tertiary/aromatic N) is 3. The van der Waals surface area contributed by atoms with Gasteiger partial charge < -0.3 is 10.1 Å². The molecule has 7 nitrogen and oxygen atoms in total. The second-order valence-corrected chi connectivity index (χ2v) is 7.94. The van der Waals surface area contributed by atoms with Crippen molar-refractivity contribution in [1.82, 2.24) is 14.8 Å². The lowest BCUT2D eigenvalue weighted by Gasteiger charge is -2.25. The average Bonchev–Trinajstić information content (AvgIpc) is 3.27. The van der Waals surface area contributed by atoms with E-state index < -0.39 is 11.9 Å². The summed E-state index contributed by atoms with van der Waals surface area (Å²) in [6.07, 6.45) is 1.83. The molecule has 1 aliphatic heterocycles. The van der Waals surface area contributed by atoms with Gasteiger partial charge in [-0.3, -0.25) is 10.1 Å². The number of methoxy groups -OCH3 is 1. The fraction of sp³-hybridized carbons (Fsp3) is 0.0800. The smallest absolute Gasteiger partial charge is 0.258 e. The molecule has 170 valence electrons. The molecule has 0 fully saturated rings. The molecule has 2 heterocycles. The minimum Gasteiger partial charge on any atom is -0.497 e. The number of anilines is 2. The van der Waals surface area contributed by atoms with Crippen LogP contribution in [0.5, 0.6) is 5.75 Å². The first-order valence-electron chi connectivity index (χ1n) is 10.4. The van der Waals surface area contributed by atoms with Gasteiger partial charge in [0.1, 0.15) is 17.6 Å². The van der Waals surface area contributed by atoms with Crippen LogP contribution in [0.4, 0.5) is 16.3 Å². The van der Waals surface area contributed by atoms with Crippen LogP contribution in [0, 0.1) is 5.82 Å². The van der Waals surface area contributed by atoms with Crippen molar-refractivity contribution in [2.24, 2.45) is 0 Å². The second-order valence-electron chi connectivity index (χ2n) is 7.54. The maximum atomic E-state index is 14.9. The van der Waals surface area contributed by atoms with Gasteiger partial charge in [-0.15, -0.1) is 5.10 Å². The zero-order valence-corrected chi connectivity index (χ0v) is 18.8. The first-order valence-corrected chi connectivity index (χ1v) is 10.8. The normalized spacial score (nSPS) is 14.6. The Bertz CT molecular complexity index is 1370. The highest BCUT2D eigenvalue weighted by atomic mass is 35.5. The van der Waals surface area contributed by atoms with Gasteiger partial charge in [0.2, 0.25) is 5.95 Å². The summed E-state index contributed by atoms with van der Waals surface area (Å²) in [4.78, 5) is 17.2. The molecular weight excluding hydrogens is 457 g/mol. The first kappa shape index (κ1) is 21.7. The van der Waals surface area contributed by atoms with Crippen LogP contribution >= 0.6 is 11.6 Å². The number of nitrogens with one attached hydrogen (secondary N) is 2. The number of benzene rings is 3. The van der Waals surface area contributed by atoms with Crippen molar-refractivity contribution >= 4 is 35.1 Å². The summed E-state index contributed by atoms with van der Waals surface area (Å²) in [6, 6.07) is 20.1. The molecular formula is C25H19ClFN5O2. The summed E-state index contributed by atoms with van der Waals surface area (Å²) in [5, 5.41) is 10.6. The van der Waals surface area contributed by atoms with Crippen LogP contribution < -0.4 is 15.4 Å². The van der Waals surface area contributed by atoms with Crippen molar-refractivity contribution in [2.45, 2.75) is 6.04 Å². The maximum Gasteiger partial charge on any atom is 0.258 e. The number of carbonyl (C=O) groups is 1. The van der Waals surface area contributed by atoms with Crippen LogP contribution in [0.1, 0.15) is 27.5 Å². The number of hydrogen-bond donors (Lipinski definition) is 2. The molecule has 0 spiro atoms. The molecule has 4 aromatic rings. The summed E-state index contributed by atoms with van der Waals surface area (Å²) >= 11 is 6.39. The summed E-state index contributed by atoms with van der Waals surface area (Å²) in [7, 11) is 1.55. The van der Waals surface area contributed by atoms with Gasteiger partial charge in [0, 0.05) is 21.8 Å². The highest BCUT2D eigenvalue weighted by Gasteiger charge is 2.29. The predicted molar refractivity (Wildman–Crippen MR) is 129 cm³/mol. The van der Waals surface area contributed by atoms with Crippen LogP contribution in [-0.4, -0.2) is 27.8 Å². The van der Waals surface area contributed by atoms with Gasteiger partial charge in [0.05, 0.1) is 7.11 Å². The van der Waals surface area contributed by atoms with Gasteiger partial charge in [0.15, 0.2) is 0 Å². The van der Waals surface area contributed by atoms with Crippen LogP contribution in [0.3, 0.4) is 0 Å². The third-order valence-corrected chi connectivity index (χ3v) is 5.75. The summed E-state index contributed by atoms with van der Waals surface area (Å²) in [5.41, 5.74) is 2.28. The molecule has 0 aliphatic carbocycles. The quantitative estimate of drug-likeness (QED) is 0.404. The fourth-order valence-electron chi connectivity index (χ4n) is 3.75. The van der Waals surface area contributed by atoms with Crippen LogP contribution in [-0.2, 0) is 0 Å². The van der Waals surface area contributed by atoms with E-state index >= 15 is 0 Å². The summed E-state index contributed by atoms with van der Waals surface area (Å²) in [5.74, 6) is 0.204. The molecule has 1 aromatic heterocycles. The van der Waals surface area contributed by atoms with E-state index in [2.05, 4.69) is 20.7 Å². The molecule has 1 aliphatic rings. The van der Waals surface area contributed by atoms with Crippen molar-refractivity contribution in [2.75, 3.05) is 17.7 Å². The van der Waals surface area contributed by atoms with Gasteiger partial charge in [-0.05, 0) is 48.0 Å². The number of hydrogen-bond acceptors (Lipinski definition) is 5. The van der Waals surface area contributed by atoms with Crippen molar-refractivity contribution in [3.63, 3.8) is 0 Å². The summed E-state index contributed by atoms with van der Waals surface area (Å²) in [6.45, 7) is 0. The van der Waals surface area contributed by atoms with Gasteiger partial charge in [0.25, 0.3) is 11.9 Å². The Balaban J connectivity index is 1.52. The molecule has 1 amide bonds. The number of allylic oxidation sites excluding steroid dienone is 1. The fourth-order valence-corrected chi connectivity index (χ4v) is 4.02. The molecule has 0 bridgehead atoms. The minimum atomic E-state index is -0.681. The maximum absolute atomic E-state index is 14.9. The molecule has 0 unspecified atom stereocenters. The van der Waals surface area contributed by atoms with Crippen LogP contribution in [0.25, 0.3) is 5.70 Å². The zero-order chi connectivity index (χ0) is 23.7. The van der Waals surface area contributed by atoms with Gasteiger partial charge in [-0.1, -0.05) is 48.0 Å². The Morgan fingerprint density at radius 2 is 1.85 bits per heavy atom. The molecule has 1 atom stereocenters. The number of fused-ring (bicyclic) bond motifs is 1. The van der Waals surface area contributed by atoms with E-state index in [4.69, 9.17) is 16.3 Å². The van der Waals surface area contributed by atoms with Crippen molar-refractivity contribution in [3.8, 4) is 5.75 Å². The number of ether oxygens (including phenoxy) is 1. The average molecular weight is 476 g/mol. The molecule has 0 saturated carbocycles.